The van der Waals surface area contributed by atoms with Gasteiger partial charge in [0.1, 0.15) is 5.75 Å². The number of hydrazone groups is 1. The number of hydrogen-bond acceptors (Lipinski definition) is 6. The van der Waals surface area contributed by atoms with Crippen molar-refractivity contribution in [2.24, 2.45) is 5.10 Å². The van der Waals surface area contributed by atoms with Gasteiger partial charge in [0, 0.05) is 13.1 Å². The summed E-state index contributed by atoms with van der Waals surface area (Å²) in [6.07, 6.45) is 1.89. The van der Waals surface area contributed by atoms with Crippen LogP contribution in [0.2, 0.25) is 0 Å². The van der Waals surface area contributed by atoms with E-state index in [9.17, 15) is 18.0 Å². The highest BCUT2D eigenvalue weighted by molar-refractivity contribution is 7.89. The van der Waals surface area contributed by atoms with Crippen LogP contribution in [-0.2, 0) is 32.6 Å². The number of ether oxygens (including phenoxy) is 1. The number of carbonyl (C=O) groups is 2. The monoisotopic (exact) mass is 584 g/mol. The van der Waals surface area contributed by atoms with Crippen molar-refractivity contribution in [1.29, 1.82) is 0 Å². The van der Waals surface area contributed by atoms with Crippen LogP contribution in [0.5, 0.6) is 5.75 Å². The molecule has 0 saturated carbocycles. The number of amides is 2. The second kappa shape index (κ2) is 15.3. The van der Waals surface area contributed by atoms with Gasteiger partial charge >= 0.3 is 0 Å². The van der Waals surface area contributed by atoms with Gasteiger partial charge in [0.15, 0.2) is 6.61 Å². The van der Waals surface area contributed by atoms with Crippen molar-refractivity contribution in [3.05, 3.63) is 132 Å². The quantitative estimate of drug-likeness (QED) is 0.173. The molecule has 2 amide bonds. The molecule has 4 aromatic carbocycles. The van der Waals surface area contributed by atoms with Crippen LogP contribution in [-0.4, -0.2) is 50.4 Å². The first-order chi connectivity index (χ1) is 20.4. The predicted molar refractivity (Wildman–Crippen MR) is 161 cm³/mol. The van der Waals surface area contributed by atoms with Crippen LogP contribution in [0.1, 0.15) is 16.7 Å². The largest absolute Gasteiger partial charge is 0.484 e. The molecule has 0 aromatic heterocycles. The molecule has 0 unspecified atom stereocenters. The molecule has 0 spiro atoms. The van der Waals surface area contributed by atoms with E-state index >= 15 is 0 Å². The molecule has 0 saturated heterocycles. The summed E-state index contributed by atoms with van der Waals surface area (Å²) in [7, 11) is -3.90. The first-order valence-corrected chi connectivity index (χ1v) is 14.8. The molecule has 0 aliphatic carbocycles. The number of sulfonamides is 1. The van der Waals surface area contributed by atoms with Crippen LogP contribution < -0.4 is 15.5 Å². The van der Waals surface area contributed by atoms with Gasteiger partial charge in [0.2, 0.25) is 10.0 Å². The molecular weight excluding hydrogens is 552 g/mol. The molecule has 4 aromatic rings. The highest BCUT2D eigenvalue weighted by Crippen LogP contribution is 2.16. The summed E-state index contributed by atoms with van der Waals surface area (Å²) in [5.41, 5.74) is 5.04. The van der Waals surface area contributed by atoms with Crippen LogP contribution in [0.25, 0.3) is 0 Å². The fourth-order valence-electron chi connectivity index (χ4n) is 3.95. The molecule has 0 aliphatic rings. The third-order valence-electron chi connectivity index (χ3n) is 6.18. The second-order valence-electron chi connectivity index (χ2n) is 9.30. The smallest absolute Gasteiger partial charge is 0.258 e. The van der Waals surface area contributed by atoms with Crippen LogP contribution in [0.4, 0.5) is 0 Å². The van der Waals surface area contributed by atoms with Crippen LogP contribution in [0.3, 0.4) is 0 Å². The number of nitrogens with one attached hydrogen (secondary N) is 2. The van der Waals surface area contributed by atoms with E-state index in [1.54, 1.807) is 42.5 Å². The van der Waals surface area contributed by atoms with E-state index in [1.165, 1.54) is 18.3 Å². The second-order valence-corrected chi connectivity index (χ2v) is 11.2. The average Bonchev–Trinajstić information content (AvgIpc) is 3.03. The highest BCUT2D eigenvalue weighted by Gasteiger charge is 2.26. The van der Waals surface area contributed by atoms with Gasteiger partial charge in [0.05, 0.1) is 17.7 Å². The minimum Gasteiger partial charge on any atom is -0.484 e. The molecule has 0 heterocycles. The topological polar surface area (TPSA) is 117 Å². The lowest BCUT2D eigenvalue weighted by atomic mass is 10.1. The molecule has 42 heavy (non-hydrogen) atoms. The number of hydrogen-bond donors (Lipinski definition) is 2. The van der Waals surface area contributed by atoms with E-state index in [1.807, 2.05) is 60.7 Å². The van der Waals surface area contributed by atoms with Gasteiger partial charge in [0.25, 0.3) is 11.8 Å². The van der Waals surface area contributed by atoms with Crippen molar-refractivity contribution in [2.75, 3.05) is 19.7 Å². The van der Waals surface area contributed by atoms with E-state index in [0.29, 0.717) is 24.3 Å². The molecule has 216 valence electrons. The van der Waals surface area contributed by atoms with E-state index in [4.69, 9.17) is 4.74 Å². The molecule has 0 aliphatic heterocycles. The lowest BCUT2D eigenvalue weighted by Gasteiger charge is -2.21. The lowest BCUT2D eigenvalue weighted by molar-refractivity contribution is -0.123. The van der Waals surface area contributed by atoms with Gasteiger partial charge in [-0.05, 0) is 59.5 Å². The van der Waals surface area contributed by atoms with Gasteiger partial charge in [-0.1, -0.05) is 78.9 Å². The number of benzene rings is 4. The maximum absolute atomic E-state index is 13.3. The summed E-state index contributed by atoms with van der Waals surface area (Å²) in [4.78, 5) is 24.9. The van der Waals surface area contributed by atoms with E-state index in [-0.39, 0.29) is 30.5 Å². The maximum Gasteiger partial charge on any atom is 0.258 e. The van der Waals surface area contributed by atoms with E-state index in [0.717, 1.165) is 15.4 Å². The molecule has 4 rings (SSSR count). The van der Waals surface area contributed by atoms with Crippen LogP contribution in [0.15, 0.2) is 125 Å². The van der Waals surface area contributed by atoms with Crippen LogP contribution in [0, 0.1) is 0 Å². The predicted octanol–water partition coefficient (Wildman–Crippen LogP) is 3.77. The van der Waals surface area contributed by atoms with Gasteiger partial charge in [-0.2, -0.15) is 9.41 Å². The molecule has 2 N–H and O–H groups in total. The molecule has 0 bridgehead atoms. The van der Waals surface area contributed by atoms with Crippen LogP contribution >= 0.6 is 0 Å². The van der Waals surface area contributed by atoms with Gasteiger partial charge < -0.3 is 10.1 Å². The summed E-state index contributed by atoms with van der Waals surface area (Å²) in [5, 5.41) is 6.77. The van der Waals surface area contributed by atoms with Crippen molar-refractivity contribution >= 4 is 28.1 Å². The molecule has 0 atom stereocenters. The molecule has 0 fully saturated rings. The van der Waals surface area contributed by atoms with Crippen molar-refractivity contribution in [1.82, 2.24) is 15.0 Å². The maximum atomic E-state index is 13.3. The first-order valence-electron chi connectivity index (χ1n) is 13.3. The third-order valence-corrected chi connectivity index (χ3v) is 8.04. The summed E-state index contributed by atoms with van der Waals surface area (Å²) in [6.45, 7) is 0.0424. The third kappa shape index (κ3) is 9.39. The van der Waals surface area contributed by atoms with Crippen molar-refractivity contribution in [3.63, 3.8) is 0 Å². The minimum absolute atomic E-state index is 0.116. The fourth-order valence-corrected chi connectivity index (χ4v) is 5.36. The molecule has 0 radical (unpaired) electrons. The Morgan fingerprint density at radius 3 is 2.00 bits per heavy atom. The zero-order valence-corrected chi connectivity index (χ0v) is 23.7. The highest BCUT2D eigenvalue weighted by atomic mass is 32.2. The lowest BCUT2D eigenvalue weighted by Crippen LogP contribution is -2.40. The zero-order valence-electron chi connectivity index (χ0n) is 22.9. The Morgan fingerprint density at radius 1 is 0.762 bits per heavy atom. The first kappa shape index (κ1) is 30.2. The molecule has 9 nitrogen and oxygen atoms in total. The number of nitrogens with zero attached hydrogens (tertiary/aromatic N) is 2. The minimum atomic E-state index is -3.90. The normalized spacial score (nSPS) is 11.4. The van der Waals surface area contributed by atoms with Crippen molar-refractivity contribution < 1.29 is 22.7 Å². The summed E-state index contributed by atoms with van der Waals surface area (Å²) in [6, 6.07) is 33.9. The van der Waals surface area contributed by atoms with Gasteiger partial charge in [-0.15, -0.1) is 0 Å². The van der Waals surface area contributed by atoms with Crippen molar-refractivity contribution in [2.45, 2.75) is 17.9 Å². The van der Waals surface area contributed by atoms with E-state index in [2.05, 4.69) is 15.8 Å². The number of carbonyl (C=O) groups excluding carboxylic acids is 2. The number of rotatable bonds is 14. The summed E-state index contributed by atoms with van der Waals surface area (Å²) >= 11 is 0. The molecule has 10 heteroatoms. The zero-order chi connectivity index (χ0) is 29.6. The molecular formula is C32H32N4O5S. The van der Waals surface area contributed by atoms with E-state index < -0.39 is 15.9 Å². The fraction of sp³-hybridized carbons (Fsp3) is 0.156. The summed E-state index contributed by atoms with van der Waals surface area (Å²) < 4.78 is 33.3. The SMILES string of the molecule is O=C(COc1ccc(/C=N/NC(=O)CN(CCc2ccccc2)S(=O)(=O)c2ccccc2)cc1)NCc1ccccc1. The Bertz CT molecular complexity index is 1560. The Hall–Kier alpha value is -4.80. The Balaban J connectivity index is 1.28. The van der Waals surface area contributed by atoms with Gasteiger partial charge in [-0.3, -0.25) is 9.59 Å². The van der Waals surface area contributed by atoms with Gasteiger partial charge in [-0.25, -0.2) is 13.8 Å². The Labute approximate surface area is 245 Å². The van der Waals surface area contributed by atoms with Crippen molar-refractivity contribution in [3.8, 4) is 5.75 Å². The Morgan fingerprint density at radius 2 is 1.36 bits per heavy atom. The standard InChI is InChI=1S/C32H32N4O5S/c37-31(24-36(21-20-26-10-4-1-5-11-26)42(39,40)30-14-8-3-9-15-30)35-34-23-28-16-18-29(19-17-28)41-25-32(38)33-22-27-12-6-2-7-13-27/h1-19,23H,20-22,24-25H2,(H,33,38)(H,35,37)/b34-23+. The average molecular weight is 585 g/mol. The summed E-state index contributed by atoms with van der Waals surface area (Å²) in [5.74, 6) is -0.300. The Kier molecular flexibility index (Phi) is 11.0.